The van der Waals surface area contributed by atoms with Crippen molar-refractivity contribution in [1.29, 1.82) is 0 Å². The molecular formula is C21H35O3SSi. The van der Waals surface area contributed by atoms with Crippen LogP contribution in [-0.4, -0.2) is 21.8 Å². The number of rotatable bonds is 8. The molecule has 0 saturated heterocycles. The van der Waals surface area contributed by atoms with Crippen molar-refractivity contribution in [2.24, 2.45) is 5.92 Å². The Morgan fingerprint density at radius 3 is 2.04 bits per heavy atom. The highest BCUT2D eigenvalue weighted by Crippen LogP contribution is 2.33. The molecule has 0 heterocycles. The third-order valence-corrected chi connectivity index (χ3v) is 9.62. The Balaban J connectivity index is 3.63. The van der Waals surface area contributed by atoms with Gasteiger partial charge in [-0.15, -0.1) is 0 Å². The second-order valence-corrected chi connectivity index (χ2v) is 13.6. The van der Waals surface area contributed by atoms with Crippen molar-refractivity contribution >= 4 is 24.1 Å². The molecule has 0 aromatic heterocycles. The van der Waals surface area contributed by atoms with E-state index in [1.165, 1.54) is 16.3 Å². The van der Waals surface area contributed by atoms with Gasteiger partial charge in [0.05, 0.1) is 14.2 Å². The van der Waals surface area contributed by atoms with Crippen LogP contribution >= 0.6 is 0 Å². The van der Waals surface area contributed by atoms with Gasteiger partial charge in [0, 0.05) is 0 Å². The van der Waals surface area contributed by atoms with Gasteiger partial charge in [0.15, 0.2) is 0 Å². The Labute approximate surface area is 162 Å². The summed E-state index contributed by atoms with van der Waals surface area (Å²) in [6.45, 7) is 18.3. The Bertz CT molecular complexity index is 724. The molecule has 1 radical (unpaired) electrons. The second kappa shape index (κ2) is 8.85. The maximum Gasteiger partial charge on any atom is 0.287 e. The molecule has 0 amide bonds. The summed E-state index contributed by atoms with van der Waals surface area (Å²) >= 11 is 0. The zero-order valence-corrected chi connectivity index (χ0v) is 19.3. The zero-order chi connectivity index (χ0) is 20.3. The smallest absolute Gasteiger partial charge is 0.282 e. The van der Waals surface area contributed by atoms with E-state index < -0.39 is 18.9 Å². The molecule has 1 rings (SSSR count). The lowest BCUT2D eigenvalue weighted by atomic mass is 9.74. The van der Waals surface area contributed by atoms with Gasteiger partial charge in [-0.05, 0) is 40.0 Å². The molecule has 5 heteroatoms. The van der Waals surface area contributed by atoms with Crippen LogP contribution < -0.4 is 5.19 Å². The molecule has 1 aromatic rings. The first-order valence-electron chi connectivity index (χ1n) is 9.42. The summed E-state index contributed by atoms with van der Waals surface area (Å²) in [5, 5.41) is 2.34. The minimum absolute atomic E-state index is 0.0395. The Hall–Kier alpha value is -0.913. The van der Waals surface area contributed by atoms with Crippen LogP contribution in [0.25, 0.3) is 0 Å². The van der Waals surface area contributed by atoms with E-state index in [1.54, 1.807) is 6.08 Å². The quantitative estimate of drug-likeness (QED) is 0.493. The summed E-state index contributed by atoms with van der Waals surface area (Å²) < 4.78 is 31.1. The molecule has 0 fully saturated rings. The van der Waals surface area contributed by atoms with E-state index in [9.17, 15) is 8.42 Å². The molecule has 0 aliphatic carbocycles. The van der Waals surface area contributed by atoms with Crippen LogP contribution in [0.3, 0.4) is 0 Å². The zero-order valence-electron chi connectivity index (χ0n) is 17.5. The summed E-state index contributed by atoms with van der Waals surface area (Å²) in [6.07, 6.45) is 2.07. The van der Waals surface area contributed by atoms with E-state index in [2.05, 4.69) is 73.6 Å². The van der Waals surface area contributed by atoms with Crippen LogP contribution in [0.5, 0.6) is 0 Å². The first-order chi connectivity index (χ1) is 11.8. The highest BCUT2D eigenvalue weighted by Gasteiger charge is 2.33. The summed E-state index contributed by atoms with van der Waals surface area (Å²) in [7, 11) is -4.93. The topological polar surface area (TPSA) is 54.4 Å². The van der Waals surface area contributed by atoms with E-state index in [4.69, 9.17) is 4.55 Å². The number of benzene rings is 1. The normalized spacial score (nSPS) is 13.7. The molecule has 0 unspecified atom stereocenters. The summed E-state index contributed by atoms with van der Waals surface area (Å²) in [4.78, 5) is 0. The van der Waals surface area contributed by atoms with E-state index >= 15 is 0 Å². The molecule has 0 atom stereocenters. The van der Waals surface area contributed by atoms with Gasteiger partial charge in [0.1, 0.15) is 0 Å². The van der Waals surface area contributed by atoms with Crippen LogP contribution in [-0.2, 0) is 22.0 Å². The first-order valence-corrected chi connectivity index (χ1v) is 12.6. The van der Waals surface area contributed by atoms with Gasteiger partial charge in [-0.1, -0.05) is 84.9 Å². The fourth-order valence-electron chi connectivity index (χ4n) is 3.50. The van der Waals surface area contributed by atoms with Gasteiger partial charge in [-0.3, -0.25) is 4.55 Å². The monoisotopic (exact) mass is 395 g/mol. The van der Waals surface area contributed by atoms with Crippen molar-refractivity contribution in [2.45, 2.75) is 78.3 Å². The third kappa shape index (κ3) is 5.79. The molecule has 26 heavy (non-hydrogen) atoms. The van der Waals surface area contributed by atoms with Crippen LogP contribution in [0, 0.1) is 5.92 Å². The minimum Gasteiger partial charge on any atom is -0.282 e. The van der Waals surface area contributed by atoms with Crippen molar-refractivity contribution in [1.82, 2.24) is 0 Å². The van der Waals surface area contributed by atoms with E-state index in [-0.39, 0.29) is 5.41 Å². The van der Waals surface area contributed by atoms with Crippen LogP contribution in [0.1, 0.15) is 66.5 Å². The van der Waals surface area contributed by atoms with Crippen LogP contribution in [0.4, 0.5) is 0 Å². The Morgan fingerprint density at radius 2 is 1.62 bits per heavy atom. The Morgan fingerprint density at radius 1 is 1.08 bits per heavy atom. The van der Waals surface area contributed by atoms with Gasteiger partial charge in [0.25, 0.3) is 10.1 Å². The SMILES string of the molecule is CC(C)[Si](c1c(CC=CS(=O)(=O)O)cccc1C(C)(C)C(C)C)C(C)C. The van der Waals surface area contributed by atoms with Gasteiger partial charge in [0.2, 0.25) is 0 Å². The molecule has 3 nitrogen and oxygen atoms in total. The number of hydrogen-bond acceptors (Lipinski definition) is 2. The average molecular weight is 396 g/mol. The van der Waals surface area contributed by atoms with E-state index in [1.807, 2.05) is 0 Å². The fourth-order valence-corrected chi connectivity index (χ4v) is 7.60. The maximum absolute atomic E-state index is 11.0. The summed E-state index contributed by atoms with van der Waals surface area (Å²) in [5.41, 5.74) is 3.77. The van der Waals surface area contributed by atoms with E-state index in [0.717, 1.165) is 5.41 Å². The molecular weight excluding hydrogens is 360 g/mol. The van der Waals surface area contributed by atoms with Gasteiger partial charge >= 0.3 is 0 Å². The van der Waals surface area contributed by atoms with Crippen molar-refractivity contribution in [3.8, 4) is 0 Å². The molecule has 0 aliphatic rings. The van der Waals surface area contributed by atoms with Crippen LogP contribution in [0.15, 0.2) is 29.7 Å². The lowest BCUT2D eigenvalue weighted by Crippen LogP contribution is -2.45. The van der Waals surface area contributed by atoms with Gasteiger partial charge in [-0.25, -0.2) is 0 Å². The molecule has 1 aromatic carbocycles. The molecule has 0 spiro atoms. The van der Waals surface area contributed by atoms with Crippen molar-refractivity contribution in [3.63, 3.8) is 0 Å². The summed E-state index contributed by atoms with van der Waals surface area (Å²) in [5.74, 6) is 0.493. The molecule has 1 N–H and O–H groups in total. The third-order valence-electron chi connectivity index (χ3n) is 5.43. The lowest BCUT2D eigenvalue weighted by molar-refractivity contribution is 0.374. The first kappa shape index (κ1) is 23.1. The highest BCUT2D eigenvalue weighted by molar-refractivity contribution is 7.88. The maximum atomic E-state index is 11.0. The number of allylic oxidation sites excluding steroid dienone is 1. The predicted octanol–water partition coefficient (Wildman–Crippen LogP) is 5.09. The average Bonchev–Trinajstić information content (AvgIpc) is 2.46. The predicted molar refractivity (Wildman–Crippen MR) is 114 cm³/mol. The number of hydrogen-bond donors (Lipinski definition) is 1. The largest absolute Gasteiger partial charge is 0.287 e. The minimum atomic E-state index is -4.08. The van der Waals surface area contributed by atoms with Crippen molar-refractivity contribution in [3.05, 3.63) is 40.8 Å². The van der Waals surface area contributed by atoms with Crippen LogP contribution in [0.2, 0.25) is 11.1 Å². The Kier molecular flexibility index (Phi) is 7.87. The fraction of sp³-hybridized carbons (Fsp3) is 0.619. The second-order valence-electron chi connectivity index (χ2n) is 8.57. The van der Waals surface area contributed by atoms with Gasteiger partial charge in [-0.2, -0.15) is 8.42 Å². The molecule has 147 valence electrons. The molecule has 0 aliphatic heterocycles. The standard InChI is InChI=1S/C21H35O3SSi/c1-15(2)21(7,8)19-13-9-11-18(12-10-14-25(22,23)24)20(19)26(16(3)4)17(5)6/h9-11,13-17H,12H2,1-8H3,(H,22,23,24). The lowest BCUT2D eigenvalue weighted by Gasteiger charge is -2.37. The van der Waals surface area contributed by atoms with Crippen molar-refractivity contribution in [2.75, 3.05) is 0 Å². The van der Waals surface area contributed by atoms with Crippen molar-refractivity contribution < 1.29 is 13.0 Å². The highest BCUT2D eigenvalue weighted by atomic mass is 32.2. The van der Waals surface area contributed by atoms with E-state index in [0.29, 0.717) is 23.4 Å². The molecule has 0 bridgehead atoms. The molecule has 0 saturated carbocycles. The summed E-state index contributed by atoms with van der Waals surface area (Å²) in [6, 6.07) is 6.44. The van der Waals surface area contributed by atoms with Gasteiger partial charge < -0.3 is 0 Å².